The molecule has 0 N–H and O–H groups in total. The third-order valence-electron chi connectivity index (χ3n) is 4.27. The van der Waals surface area contributed by atoms with E-state index in [9.17, 15) is 0 Å². The van der Waals surface area contributed by atoms with Crippen LogP contribution < -0.4 is 0 Å². The van der Waals surface area contributed by atoms with Crippen LogP contribution in [0, 0.1) is 0 Å². The van der Waals surface area contributed by atoms with Crippen LogP contribution in [-0.2, 0) is 12.3 Å². The van der Waals surface area contributed by atoms with Gasteiger partial charge in [-0.1, -0.05) is 85.2 Å². The molecule has 0 saturated heterocycles. The molecule has 0 unspecified atom stereocenters. The Hall–Kier alpha value is -1.75. The summed E-state index contributed by atoms with van der Waals surface area (Å²) in [5, 5.41) is 10.9. The van der Waals surface area contributed by atoms with Crippen LogP contribution in [-0.4, -0.2) is 14.8 Å². The maximum Gasteiger partial charge on any atom is 0.192 e. The molecule has 3 rings (SSSR count). The summed E-state index contributed by atoms with van der Waals surface area (Å²) in [6.45, 7) is 8.87. The zero-order valence-corrected chi connectivity index (χ0v) is 17.7. The van der Waals surface area contributed by atoms with Crippen molar-refractivity contribution >= 4 is 35.0 Å². The molecule has 0 bridgehead atoms. The summed E-state index contributed by atoms with van der Waals surface area (Å²) in [6.07, 6.45) is 1.85. The predicted octanol–water partition coefficient (Wildman–Crippen LogP) is 6.85. The summed E-state index contributed by atoms with van der Waals surface area (Å²) in [7, 11) is 0. The average molecular weight is 418 g/mol. The van der Waals surface area contributed by atoms with Gasteiger partial charge < -0.3 is 0 Å². The van der Waals surface area contributed by atoms with E-state index in [2.05, 4.69) is 59.5 Å². The number of rotatable bonds is 7. The van der Waals surface area contributed by atoms with Crippen molar-refractivity contribution in [2.45, 2.75) is 37.2 Å². The Bertz CT molecular complexity index is 913. The molecule has 0 amide bonds. The molecule has 3 aromatic rings. The van der Waals surface area contributed by atoms with E-state index in [-0.39, 0.29) is 0 Å². The lowest BCUT2D eigenvalue weighted by Crippen LogP contribution is -2.01. The Morgan fingerprint density at radius 3 is 2.33 bits per heavy atom. The van der Waals surface area contributed by atoms with Crippen molar-refractivity contribution < 1.29 is 0 Å². The van der Waals surface area contributed by atoms with Crippen LogP contribution in [0.2, 0.25) is 10.0 Å². The van der Waals surface area contributed by atoms with Gasteiger partial charge in [0.15, 0.2) is 11.0 Å². The SMILES string of the molecule is C=CCn1c(SCc2c(Cl)cccc2Cl)nnc1-c1ccc(C(C)C)cc1. The molecule has 3 nitrogen and oxygen atoms in total. The molecule has 0 aliphatic heterocycles. The molecule has 0 aliphatic carbocycles. The van der Waals surface area contributed by atoms with Crippen molar-refractivity contribution in [2.24, 2.45) is 0 Å². The first-order chi connectivity index (χ1) is 13.0. The molecular weight excluding hydrogens is 397 g/mol. The number of thioether (sulfide) groups is 1. The summed E-state index contributed by atoms with van der Waals surface area (Å²) in [6, 6.07) is 14.0. The number of nitrogens with zero attached hydrogens (tertiary/aromatic N) is 3. The summed E-state index contributed by atoms with van der Waals surface area (Å²) in [4.78, 5) is 0. The second kappa shape index (κ2) is 8.96. The van der Waals surface area contributed by atoms with Crippen LogP contribution in [0.25, 0.3) is 11.4 Å². The zero-order chi connectivity index (χ0) is 19.4. The van der Waals surface area contributed by atoms with E-state index in [1.165, 1.54) is 5.56 Å². The molecule has 0 aliphatic rings. The Balaban J connectivity index is 1.88. The molecule has 0 radical (unpaired) electrons. The minimum Gasteiger partial charge on any atom is -0.298 e. The maximum absolute atomic E-state index is 6.28. The first kappa shape index (κ1) is 20.0. The molecule has 2 aromatic carbocycles. The van der Waals surface area contributed by atoms with Gasteiger partial charge in [-0.25, -0.2) is 0 Å². The first-order valence-corrected chi connectivity index (χ1v) is 10.5. The summed E-state index contributed by atoms with van der Waals surface area (Å²) >= 11 is 14.1. The number of hydrogen-bond acceptors (Lipinski definition) is 3. The maximum atomic E-state index is 6.28. The van der Waals surface area contributed by atoms with Crippen LogP contribution in [0.3, 0.4) is 0 Å². The van der Waals surface area contributed by atoms with Gasteiger partial charge >= 0.3 is 0 Å². The molecule has 0 atom stereocenters. The highest BCUT2D eigenvalue weighted by Gasteiger charge is 2.15. The summed E-state index contributed by atoms with van der Waals surface area (Å²) < 4.78 is 2.06. The average Bonchev–Trinajstić information content (AvgIpc) is 3.04. The van der Waals surface area contributed by atoms with Crippen LogP contribution in [0.1, 0.15) is 30.9 Å². The van der Waals surface area contributed by atoms with Gasteiger partial charge in [0.25, 0.3) is 0 Å². The highest BCUT2D eigenvalue weighted by atomic mass is 35.5. The second-order valence-corrected chi connectivity index (χ2v) is 8.23. The van der Waals surface area contributed by atoms with E-state index >= 15 is 0 Å². The molecular formula is C21H21Cl2N3S. The minimum absolute atomic E-state index is 0.497. The molecule has 0 spiro atoms. The second-order valence-electron chi connectivity index (χ2n) is 6.47. The van der Waals surface area contributed by atoms with E-state index in [4.69, 9.17) is 23.2 Å². The molecule has 0 saturated carbocycles. The predicted molar refractivity (Wildman–Crippen MR) is 116 cm³/mol. The Morgan fingerprint density at radius 1 is 1.07 bits per heavy atom. The normalized spacial score (nSPS) is 11.1. The van der Waals surface area contributed by atoms with Gasteiger partial charge in [-0.3, -0.25) is 4.57 Å². The lowest BCUT2D eigenvalue weighted by atomic mass is 10.0. The van der Waals surface area contributed by atoms with Crippen LogP contribution in [0.4, 0.5) is 0 Å². The largest absolute Gasteiger partial charge is 0.298 e. The molecule has 1 aromatic heterocycles. The number of hydrogen-bond donors (Lipinski definition) is 0. The van der Waals surface area contributed by atoms with Crippen molar-refractivity contribution in [1.82, 2.24) is 14.8 Å². The number of allylic oxidation sites excluding steroid dienone is 1. The van der Waals surface area contributed by atoms with Crippen molar-refractivity contribution in [3.8, 4) is 11.4 Å². The lowest BCUT2D eigenvalue weighted by Gasteiger charge is -2.10. The molecule has 140 valence electrons. The number of halogens is 2. The quantitative estimate of drug-likeness (QED) is 0.310. The highest BCUT2D eigenvalue weighted by Crippen LogP contribution is 2.32. The van der Waals surface area contributed by atoms with Crippen molar-refractivity contribution in [3.63, 3.8) is 0 Å². The Labute approximate surface area is 174 Å². The van der Waals surface area contributed by atoms with Gasteiger partial charge in [0.1, 0.15) is 0 Å². The third kappa shape index (κ3) is 4.57. The number of aromatic nitrogens is 3. The van der Waals surface area contributed by atoms with E-state index in [0.717, 1.165) is 22.1 Å². The monoisotopic (exact) mass is 417 g/mol. The van der Waals surface area contributed by atoms with E-state index in [1.54, 1.807) is 11.8 Å². The van der Waals surface area contributed by atoms with E-state index in [0.29, 0.717) is 28.3 Å². The molecule has 27 heavy (non-hydrogen) atoms. The lowest BCUT2D eigenvalue weighted by molar-refractivity contribution is 0.731. The standard InChI is InChI=1S/C21H21Cl2N3S/c1-4-12-26-20(16-10-8-15(9-11-16)14(2)3)24-25-21(26)27-13-17-18(22)6-5-7-19(17)23/h4-11,14H,1,12-13H2,2-3H3. The first-order valence-electron chi connectivity index (χ1n) is 8.71. The van der Waals surface area contributed by atoms with Crippen molar-refractivity contribution in [3.05, 3.63) is 76.3 Å². The fourth-order valence-corrected chi connectivity index (χ4v) is 4.42. The van der Waals surface area contributed by atoms with Crippen LogP contribution in [0.5, 0.6) is 0 Å². The number of benzene rings is 2. The van der Waals surface area contributed by atoms with Gasteiger partial charge in [-0.05, 0) is 29.2 Å². The molecule has 1 heterocycles. The highest BCUT2D eigenvalue weighted by molar-refractivity contribution is 7.98. The van der Waals surface area contributed by atoms with Gasteiger partial charge in [0, 0.05) is 27.9 Å². The van der Waals surface area contributed by atoms with Crippen molar-refractivity contribution in [1.29, 1.82) is 0 Å². The van der Waals surface area contributed by atoms with Gasteiger partial charge in [-0.2, -0.15) is 0 Å². The Kier molecular flexibility index (Phi) is 6.64. The third-order valence-corrected chi connectivity index (χ3v) is 5.97. The van der Waals surface area contributed by atoms with Crippen LogP contribution >= 0.6 is 35.0 Å². The van der Waals surface area contributed by atoms with E-state index in [1.807, 2.05) is 24.3 Å². The van der Waals surface area contributed by atoms with Gasteiger partial charge in [0.05, 0.1) is 0 Å². The van der Waals surface area contributed by atoms with Crippen molar-refractivity contribution in [2.75, 3.05) is 0 Å². The topological polar surface area (TPSA) is 30.7 Å². The smallest absolute Gasteiger partial charge is 0.192 e. The van der Waals surface area contributed by atoms with Gasteiger partial charge in [0.2, 0.25) is 0 Å². The van der Waals surface area contributed by atoms with Crippen LogP contribution in [0.15, 0.2) is 60.3 Å². The summed E-state index contributed by atoms with van der Waals surface area (Å²) in [5.74, 6) is 1.95. The summed E-state index contributed by atoms with van der Waals surface area (Å²) in [5.41, 5.74) is 3.25. The molecule has 0 fully saturated rings. The molecule has 6 heteroatoms. The van der Waals surface area contributed by atoms with Gasteiger partial charge in [-0.15, -0.1) is 16.8 Å². The fourth-order valence-electron chi connectivity index (χ4n) is 2.73. The van der Waals surface area contributed by atoms with E-state index < -0.39 is 0 Å². The Morgan fingerprint density at radius 2 is 1.74 bits per heavy atom. The zero-order valence-electron chi connectivity index (χ0n) is 15.3. The minimum atomic E-state index is 0.497. The fraction of sp³-hybridized carbons (Fsp3) is 0.238.